The average molecular weight is 257 g/mol. The van der Waals surface area contributed by atoms with Crippen LogP contribution in [-0.4, -0.2) is 10.2 Å². The summed E-state index contributed by atoms with van der Waals surface area (Å²) in [6.07, 6.45) is 0. The lowest BCUT2D eigenvalue weighted by Gasteiger charge is -1.98. The highest BCUT2D eigenvalue weighted by molar-refractivity contribution is 7.15. The highest BCUT2D eigenvalue weighted by atomic mass is 35.5. The van der Waals surface area contributed by atoms with Crippen LogP contribution in [0.4, 0.5) is 4.39 Å². The first-order valence-corrected chi connectivity index (χ1v) is 6.07. The Hall–Kier alpha value is -1.00. The van der Waals surface area contributed by atoms with Crippen molar-refractivity contribution in [2.75, 3.05) is 0 Å². The lowest BCUT2D eigenvalue weighted by molar-refractivity contribution is 0.619. The first-order valence-electron chi connectivity index (χ1n) is 4.82. The molecule has 0 bridgehead atoms. The van der Waals surface area contributed by atoms with Crippen LogP contribution in [0.3, 0.4) is 0 Å². The molecule has 1 atom stereocenters. The molecule has 1 heterocycles. The summed E-state index contributed by atoms with van der Waals surface area (Å²) >= 11 is 7.28. The van der Waals surface area contributed by atoms with Gasteiger partial charge in [-0.15, -0.1) is 21.8 Å². The third kappa shape index (κ3) is 2.23. The summed E-state index contributed by atoms with van der Waals surface area (Å²) in [4.78, 5) is 0. The molecule has 84 valence electrons. The number of aryl methyl sites for hydroxylation is 1. The molecule has 1 unspecified atom stereocenters. The van der Waals surface area contributed by atoms with Crippen LogP contribution in [0, 0.1) is 12.7 Å². The van der Waals surface area contributed by atoms with Crippen LogP contribution in [0.1, 0.15) is 22.9 Å². The minimum absolute atomic E-state index is 0.165. The maximum absolute atomic E-state index is 13.4. The molecule has 2 nitrogen and oxygen atoms in total. The molecule has 0 aliphatic carbocycles. The van der Waals surface area contributed by atoms with Gasteiger partial charge in [0.2, 0.25) is 0 Å². The number of hydrogen-bond donors (Lipinski definition) is 0. The average Bonchev–Trinajstić information content (AvgIpc) is 2.71. The van der Waals surface area contributed by atoms with Crippen molar-refractivity contribution in [3.05, 3.63) is 34.6 Å². The largest absolute Gasteiger partial charge is 0.207 e. The molecule has 0 N–H and O–H groups in total. The van der Waals surface area contributed by atoms with Gasteiger partial charge in [-0.1, -0.05) is 23.5 Å². The molecule has 16 heavy (non-hydrogen) atoms. The number of nitrogens with zero attached hydrogens (tertiary/aromatic N) is 2. The van der Waals surface area contributed by atoms with Crippen molar-refractivity contribution < 1.29 is 4.39 Å². The number of benzene rings is 1. The first kappa shape index (κ1) is 11.5. The van der Waals surface area contributed by atoms with Gasteiger partial charge in [-0.05, 0) is 25.5 Å². The summed E-state index contributed by atoms with van der Waals surface area (Å²) in [5.74, 6) is -0.229. The van der Waals surface area contributed by atoms with Gasteiger partial charge in [0.15, 0.2) is 0 Å². The molecule has 0 fully saturated rings. The predicted molar refractivity (Wildman–Crippen MR) is 64.3 cm³/mol. The van der Waals surface area contributed by atoms with E-state index in [1.54, 1.807) is 13.0 Å². The Kier molecular flexibility index (Phi) is 3.21. The number of aromatic nitrogens is 2. The maximum atomic E-state index is 13.4. The van der Waals surface area contributed by atoms with Gasteiger partial charge in [0.25, 0.3) is 0 Å². The smallest absolute Gasteiger partial charge is 0.147 e. The summed E-state index contributed by atoms with van der Waals surface area (Å²) < 4.78 is 13.4. The van der Waals surface area contributed by atoms with Crippen LogP contribution in [-0.2, 0) is 0 Å². The Morgan fingerprint density at radius 2 is 2.12 bits per heavy atom. The van der Waals surface area contributed by atoms with E-state index in [9.17, 15) is 4.39 Å². The second-order valence-corrected chi connectivity index (χ2v) is 5.19. The zero-order valence-electron chi connectivity index (χ0n) is 8.87. The number of hydrogen-bond acceptors (Lipinski definition) is 3. The molecule has 0 spiro atoms. The second kappa shape index (κ2) is 4.47. The molecule has 1 aromatic carbocycles. The van der Waals surface area contributed by atoms with Crippen molar-refractivity contribution in [2.45, 2.75) is 19.2 Å². The molecule has 2 aromatic rings. The fourth-order valence-electron chi connectivity index (χ4n) is 1.24. The summed E-state index contributed by atoms with van der Waals surface area (Å²) in [5, 5.41) is 9.23. The quantitative estimate of drug-likeness (QED) is 0.761. The number of rotatable bonds is 2. The van der Waals surface area contributed by atoms with E-state index in [0.717, 1.165) is 10.6 Å². The van der Waals surface area contributed by atoms with Crippen molar-refractivity contribution in [2.24, 2.45) is 0 Å². The summed E-state index contributed by atoms with van der Waals surface area (Å²) in [7, 11) is 0. The van der Waals surface area contributed by atoms with Gasteiger partial charge in [-0.25, -0.2) is 4.39 Å². The van der Waals surface area contributed by atoms with Gasteiger partial charge in [0.1, 0.15) is 15.8 Å². The Morgan fingerprint density at radius 3 is 2.69 bits per heavy atom. The van der Waals surface area contributed by atoms with Gasteiger partial charge < -0.3 is 0 Å². The van der Waals surface area contributed by atoms with Gasteiger partial charge in [0, 0.05) is 5.56 Å². The third-order valence-corrected chi connectivity index (χ3v) is 3.69. The molecule has 2 rings (SSSR count). The minimum atomic E-state index is -0.229. The van der Waals surface area contributed by atoms with E-state index in [1.165, 1.54) is 17.4 Å². The molecule has 0 saturated heterocycles. The van der Waals surface area contributed by atoms with Crippen LogP contribution in [0.25, 0.3) is 10.6 Å². The fourth-order valence-corrected chi connectivity index (χ4v) is 2.18. The number of halogens is 2. The first-order chi connectivity index (χ1) is 7.58. The molecule has 0 aliphatic heterocycles. The molecular weight excluding hydrogens is 247 g/mol. The van der Waals surface area contributed by atoms with E-state index >= 15 is 0 Å². The minimum Gasteiger partial charge on any atom is -0.207 e. The lowest BCUT2D eigenvalue weighted by Crippen LogP contribution is -1.84. The molecule has 0 aliphatic rings. The topological polar surface area (TPSA) is 25.8 Å². The molecule has 0 radical (unpaired) electrons. The van der Waals surface area contributed by atoms with Crippen molar-refractivity contribution in [1.82, 2.24) is 10.2 Å². The Bertz CT molecular complexity index is 510. The summed E-state index contributed by atoms with van der Waals surface area (Å²) in [6, 6.07) is 5.04. The van der Waals surface area contributed by atoms with E-state index in [2.05, 4.69) is 10.2 Å². The van der Waals surface area contributed by atoms with Gasteiger partial charge in [-0.2, -0.15) is 0 Å². The zero-order chi connectivity index (χ0) is 11.7. The van der Waals surface area contributed by atoms with Gasteiger partial charge >= 0.3 is 0 Å². The molecular formula is C11H10ClFN2S. The van der Waals surface area contributed by atoms with E-state index in [-0.39, 0.29) is 11.2 Å². The monoisotopic (exact) mass is 256 g/mol. The second-order valence-electron chi connectivity index (χ2n) is 3.53. The number of alkyl halides is 1. The van der Waals surface area contributed by atoms with E-state index < -0.39 is 0 Å². The van der Waals surface area contributed by atoms with Gasteiger partial charge in [-0.3, -0.25) is 0 Å². The highest BCUT2D eigenvalue weighted by Crippen LogP contribution is 2.29. The molecule has 0 saturated carbocycles. The Morgan fingerprint density at radius 1 is 1.38 bits per heavy atom. The van der Waals surface area contributed by atoms with E-state index in [0.29, 0.717) is 10.6 Å². The van der Waals surface area contributed by atoms with Crippen molar-refractivity contribution in [3.63, 3.8) is 0 Å². The summed E-state index contributed by atoms with van der Waals surface area (Å²) in [5.41, 5.74) is 1.36. The molecule has 5 heteroatoms. The van der Waals surface area contributed by atoms with E-state index in [4.69, 9.17) is 11.6 Å². The van der Waals surface area contributed by atoms with Crippen molar-refractivity contribution >= 4 is 22.9 Å². The standard InChI is InChI=1S/C11H10ClFN2S/c1-6-3-4-8(5-9(6)13)11-15-14-10(16-11)7(2)12/h3-5,7H,1-2H3. The Balaban J connectivity index is 2.39. The van der Waals surface area contributed by atoms with Crippen LogP contribution < -0.4 is 0 Å². The maximum Gasteiger partial charge on any atom is 0.147 e. The molecule has 1 aromatic heterocycles. The van der Waals surface area contributed by atoms with E-state index in [1.807, 2.05) is 13.0 Å². The third-order valence-electron chi connectivity index (χ3n) is 2.20. The van der Waals surface area contributed by atoms with Crippen LogP contribution in [0.15, 0.2) is 18.2 Å². The zero-order valence-corrected chi connectivity index (χ0v) is 10.4. The highest BCUT2D eigenvalue weighted by Gasteiger charge is 2.11. The van der Waals surface area contributed by atoms with Crippen LogP contribution >= 0.6 is 22.9 Å². The van der Waals surface area contributed by atoms with Crippen LogP contribution in [0.2, 0.25) is 0 Å². The SMILES string of the molecule is Cc1ccc(-c2nnc(C(C)Cl)s2)cc1F. The fraction of sp³-hybridized carbons (Fsp3) is 0.273. The van der Waals surface area contributed by atoms with Crippen molar-refractivity contribution in [3.8, 4) is 10.6 Å². The normalized spacial score (nSPS) is 12.8. The van der Waals surface area contributed by atoms with Crippen LogP contribution in [0.5, 0.6) is 0 Å². The Labute approximate surface area is 102 Å². The van der Waals surface area contributed by atoms with Crippen molar-refractivity contribution in [1.29, 1.82) is 0 Å². The van der Waals surface area contributed by atoms with Gasteiger partial charge in [0.05, 0.1) is 5.38 Å². The summed E-state index contributed by atoms with van der Waals surface area (Å²) in [6.45, 7) is 3.56. The lowest BCUT2D eigenvalue weighted by atomic mass is 10.1. The predicted octanol–water partition coefficient (Wildman–Crippen LogP) is 3.95. The molecule has 0 amide bonds.